The zero-order valence-electron chi connectivity index (χ0n) is 11.6. The zero-order chi connectivity index (χ0) is 16.4. The van der Waals surface area contributed by atoms with E-state index in [1.54, 1.807) is 0 Å². The van der Waals surface area contributed by atoms with E-state index < -0.39 is 23.1 Å². The first-order chi connectivity index (χ1) is 10.3. The highest BCUT2D eigenvalue weighted by Crippen LogP contribution is 2.41. The van der Waals surface area contributed by atoms with E-state index in [1.165, 1.54) is 49.6 Å². The van der Waals surface area contributed by atoms with Gasteiger partial charge in [0, 0.05) is 11.1 Å². The lowest BCUT2D eigenvalue weighted by Crippen LogP contribution is -2.49. The highest BCUT2D eigenvalue weighted by Gasteiger charge is 2.60. The highest BCUT2D eigenvalue weighted by molar-refractivity contribution is 6.03. The summed E-state index contributed by atoms with van der Waals surface area (Å²) < 4.78 is 45.0. The van der Waals surface area contributed by atoms with Crippen molar-refractivity contribution in [3.05, 3.63) is 65.7 Å². The van der Waals surface area contributed by atoms with Crippen LogP contribution >= 0.6 is 0 Å². The fourth-order valence-corrected chi connectivity index (χ4v) is 2.05. The average molecular weight is 310 g/mol. The number of ketones is 1. The molecular weight excluding hydrogens is 297 g/mol. The average Bonchev–Trinajstić information content (AvgIpc) is 2.53. The molecule has 2 rings (SSSR count). The SMILES string of the molecule is COc1ccc(C(=O)C(O)(c2ccccc2)C(F)(F)F)cc1. The van der Waals surface area contributed by atoms with E-state index in [1.807, 2.05) is 0 Å². The van der Waals surface area contributed by atoms with Crippen LogP contribution in [0.25, 0.3) is 0 Å². The number of rotatable bonds is 4. The minimum Gasteiger partial charge on any atom is -0.497 e. The Morgan fingerprint density at radius 3 is 2.00 bits per heavy atom. The molecule has 0 heterocycles. The van der Waals surface area contributed by atoms with Gasteiger partial charge in [-0.25, -0.2) is 0 Å². The van der Waals surface area contributed by atoms with Gasteiger partial charge in [0.15, 0.2) is 0 Å². The maximum absolute atomic E-state index is 13.4. The maximum atomic E-state index is 13.4. The minimum absolute atomic E-state index is 0.260. The van der Waals surface area contributed by atoms with Gasteiger partial charge in [0.2, 0.25) is 11.4 Å². The van der Waals surface area contributed by atoms with Crippen LogP contribution in [0.2, 0.25) is 0 Å². The van der Waals surface area contributed by atoms with Gasteiger partial charge in [0.1, 0.15) is 5.75 Å². The lowest BCUT2D eigenvalue weighted by atomic mass is 9.85. The quantitative estimate of drug-likeness (QED) is 0.881. The van der Waals surface area contributed by atoms with Crippen LogP contribution in [0.5, 0.6) is 5.75 Å². The van der Waals surface area contributed by atoms with Gasteiger partial charge in [0.05, 0.1) is 7.11 Å². The van der Waals surface area contributed by atoms with Crippen LogP contribution in [0.15, 0.2) is 54.6 Å². The number of ether oxygens (including phenoxy) is 1. The predicted octanol–water partition coefficient (Wildman–Crippen LogP) is 3.33. The van der Waals surface area contributed by atoms with Gasteiger partial charge in [0.25, 0.3) is 0 Å². The van der Waals surface area contributed by atoms with Crippen molar-refractivity contribution in [1.29, 1.82) is 0 Å². The summed E-state index contributed by atoms with van der Waals surface area (Å²) >= 11 is 0. The number of Topliss-reactive ketones (excluding diaryl/α,β-unsaturated/α-hetero) is 1. The molecule has 0 aliphatic carbocycles. The van der Waals surface area contributed by atoms with Gasteiger partial charge in [-0.1, -0.05) is 30.3 Å². The van der Waals surface area contributed by atoms with E-state index in [-0.39, 0.29) is 5.56 Å². The van der Waals surface area contributed by atoms with E-state index >= 15 is 0 Å². The van der Waals surface area contributed by atoms with Crippen LogP contribution in [0.3, 0.4) is 0 Å². The van der Waals surface area contributed by atoms with Crippen LogP contribution in [0, 0.1) is 0 Å². The first-order valence-corrected chi connectivity index (χ1v) is 6.34. The summed E-state index contributed by atoms with van der Waals surface area (Å²) in [6, 6.07) is 11.4. The lowest BCUT2D eigenvalue weighted by Gasteiger charge is -2.29. The molecule has 0 amide bonds. The summed E-state index contributed by atoms with van der Waals surface area (Å²) in [6.07, 6.45) is -5.15. The highest BCUT2D eigenvalue weighted by atomic mass is 19.4. The van der Waals surface area contributed by atoms with Gasteiger partial charge in [-0.15, -0.1) is 0 Å². The first kappa shape index (κ1) is 16.0. The minimum atomic E-state index is -5.15. The Bertz CT molecular complexity index is 651. The van der Waals surface area contributed by atoms with E-state index in [4.69, 9.17) is 4.74 Å². The maximum Gasteiger partial charge on any atom is 0.429 e. The summed E-state index contributed by atoms with van der Waals surface area (Å²) in [4.78, 5) is 12.3. The van der Waals surface area contributed by atoms with Gasteiger partial charge in [-0.05, 0) is 24.3 Å². The van der Waals surface area contributed by atoms with E-state index in [9.17, 15) is 23.1 Å². The second kappa shape index (κ2) is 5.81. The molecule has 2 aromatic carbocycles. The Balaban J connectivity index is 2.52. The van der Waals surface area contributed by atoms with Crippen LogP contribution in [-0.2, 0) is 5.60 Å². The smallest absolute Gasteiger partial charge is 0.429 e. The summed E-state index contributed by atoms with van der Waals surface area (Å²) in [5.74, 6) is -1.04. The van der Waals surface area contributed by atoms with Gasteiger partial charge >= 0.3 is 6.18 Å². The van der Waals surface area contributed by atoms with Crippen molar-refractivity contribution in [2.75, 3.05) is 7.11 Å². The molecule has 1 unspecified atom stereocenters. The van der Waals surface area contributed by atoms with Gasteiger partial charge in [-0.2, -0.15) is 13.2 Å². The van der Waals surface area contributed by atoms with Crippen molar-refractivity contribution in [1.82, 2.24) is 0 Å². The third kappa shape index (κ3) is 2.69. The van der Waals surface area contributed by atoms with Crippen molar-refractivity contribution in [3.8, 4) is 5.75 Å². The zero-order valence-corrected chi connectivity index (χ0v) is 11.6. The molecule has 0 aliphatic rings. The lowest BCUT2D eigenvalue weighted by molar-refractivity contribution is -0.242. The number of hydrogen-bond donors (Lipinski definition) is 1. The molecule has 22 heavy (non-hydrogen) atoms. The molecular formula is C16H13F3O3. The van der Waals surface area contributed by atoms with Gasteiger partial charge in [-0.3, -0.25) is 4.79 Å². The molecule has 0 radical (unpaired) electrons. The monoisotopic (exact) mass is 310 g/mol. The molecule has 116 valence electrons. The standard InChI is InChI=1S/C16H13F3O3/c1-22-13-9-7-11(8-10-13)14(20)15(21,16(17,18)19)12-5-3-2-4-6-12/h2-10,21H,1H3. The summed E-state index contributed by atoms with van der Waals surface area (Å²) in [7, 11) is 1.40. The molecule has 2 aromatic rings. The number of alkyl halides is 3. The van der Waals surface area contributed by atoms with Crippen molar-refractivity contribution < 1.29 is 27.8 Å². The van der Waals surface area contributed by atoms with E-state index in [0.717, 1.165) is 12.1 Å². The first-order valence-electron chi connectivity index (χ1n) is 6.34. The Hall–Kier alpha value is -2.34. The Kier molecular flexibility index (Phi) is 4.23. The second-order valence-corrected chi connectivity index (χ2v) is 4.63. The molecule has 0 fully saturated rings. The van der Waals surface area contributed by atoms with Crippen molar-refractivity contribution in [3.63, 3.8) is 0 Å². The van der Waals surface area contributed by atoms with Crippen molar-refractivity contribution in [2.24, 2.45) is 0 Å². The molecule has 0 saturated heterocycles. The number of aliphatic hydroxyl groups is 1. The van der Waals surface area contributed by atoms with Crippen LogP contribution in [-0.4, -0.2) is 24.2 Å². The Morgan fingerprint density at radius 1 is 1.00 bits per heavy atom. The van der Waals surface area contributed by atoms with Crippen LogP contribution in [0.1, 0.15) is 15.9 Å². The molecule has 0 bridgehead atoms. The van der Waals surface area contributed by atoms with Crippen LogP contribution in [0.4, 0.5) is 13.2 Å². The number of benzene rings is 2. The number of carbonyl (C=O) groups is 1. The molecule has 0 saturated carbocycles. The Morgan fingerprint density at radius 2 is 1.55 bits per heavy atom. The molecule has 0 spiro atoms. The largest absolute Gasteiger partial charge is 0.497 e. The fraction of sp³-hybridized carbons (Fsp3) is 0.188. The molecule has 1 atom stereocenters. The normalized spacial score (nSPS) is 14.2. The third-order valence-electron chi connectivity index (χ3n) is 3.28. The number of methoxy groups -OCH3 is 1. The van der Waals surface area contributed by atoms with Crippen molar-refractivity contribution >= 4 is 5.78 Å². The van der Waals surface area contributed by atoms with E-state index in [0.29, 0.717) is 5.75 Å². The fourth-order valence-electron chi connectivity index (χ4n) is 2.05. The molecule has 0 aromatic heterocycles. The van der Waals surface area contributed by atoms with Crippen LogP contribution < -0.4 is 4.74 Å². The summed E-state index contributed by atoms with van der Waals surface area (Å²) in [5, 5.41) is 10.2. The van der Waals surface area contributed by atoms with Crippen molar-refractivity contribution in [2.45, 2.75) is 11.8 Å². The number of carbonyl (C=O) groups excluding carboxylic acids is 1. The molecule has 0 aliphatic heterocycles. The van der Waals surface area contributed by atoms with E-state index in [2.05, 4.69) is 0 Å². The summed E-state index contributed by atoms with van der Waals surface area (Å²) in [6.45, 7) is 0. The molecule has 1 N–H and O–H groups in total. The summed E-state index contributed by atoms with van der Waals surface area (Å²) in [5.41, 5.74) is -4.38. The number of halogens is 3. The third-order valence-corrected chi connectivity index (χ3v) is 3.28. The molecule has 6 heteroatoms. The Labute approximate surface area is 125 Å². The number of hydrogen-bond acceptors (Lipinski definition) is 3. The molecule has 3 nitrogen and oxygen atoms in total. The second-order valence-electron chi connectivity index (χ2n) is 4.63. The topological polar surface area (TPSA) is 46.5 Å². The van der Waals surface area contributed by atoms with Gasteiger partial charge < -0.3 is 9.84 Å². The predicted molar refractivity (Wildman–Crippen MR) is 73.7 cm³/mol.